The third-order valence-electron chi connectivity index (χ3n) is 3.19. The van der Waals surface area contributed by atoms with E-state index in [2.05, 4.69) is 24.1 Å². The molecule has 120 valence electrons. The van der Waals surface area contributed by atoms with Crippen LogP contribution in [0, 0.1) is 0 Å². The van der Waals surface area contributed by atoms with E-state index in [1.165, 1.54) is 17.8 Å². The molecule has 1 aromatic rings. The second-order valence-corrected chi connectivity index (χ2v) is 6.05. The van der Waals surface area contributed by atoms with Gasteiger partial charge in [-0.2, -0.15) is 13.2 Å². The summed E-state index contributed by atoms with van der Waals surface area (Å²) >= 11 is 1.51. The minimum Gasteiger partial charge on any atom is -0.314 e. The lowest BCUT2D eigenvalue weighted by Crippen LogP contribution is -2.29. The normalized spacial score (nSPS) is 13.4. The van der Waals surface area contributed by atoms with E-state index in [1.807, 2.05) is 0 Å². The Balaban J connectivity index is 2.29. The fourth-order valence-electron chi connectivity index (χ4n) is 1.94. The molecule has 0 saturated heterocycles. The van der Waals surface area contributed by atoms with Crippen LogP contribution in [0.1, 0.15) is 45.1 Å². The quantitative estimate of drug-likeness (QED) is 0.525. The average Bonchev–Trinajstić information content (AvgIpc) is 2.46. The van der Waals surface area contributed by atoms with Crippen LogP contribution < -0.4 is 5.32 Å². The summed E-state index contributed by atoms with van der Waals surface area (Å²) in [5.74, 6) is 0.878. The van der Waals surface area contributed by atoms with Crippen molar-refractivity contribution in [2.45, 2.75) is 56.8 Å². The number of pyridine rings is 1. The Labute approximate surface area is 128 Å². The Morgan fingerprint density at radius 1 is 1.29 bits per heavy atom. The first kappa shape index (κ1) is 18.3. The highest BCUT2D eigenvalue weighted by atomic mass is 32.2. The first-order chi connectivity index (χ1) is 9.97. The van der Waals surface area contributed by atoms with Crippen LogP contribution in [0.2, 0.25) is 0 Å². The molecule has 0 amide bonds. The summed E-state index contributed by atoms with van der Waals surface area (Å²) in [6, 6.07) is 3.07. The summed E-state index contributed by atoms with van der Waals surface area (Å²) in [5, 5.41) is 4.14. The van der Waals surface area contributed by atoms with Gasteiger partial charge in [-0.3, -0.25) is 0 Å². The molecule has 0 radical (unpaired) electrons. The number of nitrogens with zero attached hydrogens (tertiary/aromatic N) is 1. The number of alkyl halides is 3. The molecule has 1 aromatic heterocycles. The molecule has 21 heavy (non-hydrogen) atoms. The zero-order chi connectivity index (χ0) is 15.7. The molecule has 0 fully saturated rings. The lowest BCUT2D eigenvalue weighted by atomic mass is 10.1. The summed E-state index contributed by atoms with van der Waals surface area (Å²) in [4.78, 5) is 3.86. The maximum atomic E-state index is 12.4. The Bertz CT molecular complexity index is 393. The van der Waals surface area contributed by atoms with Crippen molar-refractivity contribution in [3.63, 3.8) is 0 Å². The molecular weight excluding hydrogens is 297 g/mol. The largest absolute Gasteiger partial charge is 0.417 e. The van der Waals surface area contributed by atoms with Crippen LogP contribution in [0.3, 0.4) is 0 Å². The molecule has 1 unspecified atom stereocenters. The molecular formula is C15H23F3N2S. The highest BCUT2D eigenvalue weighted by Crippen LogP contribution is 2.29. The van der Waals surface area contributed by atoms with Crippen molar-refractivity contribution in [2.75, 3.05) is 12.3 Å². The summed E-state index contributed by atoms with van der Waals surface area (Å²) < 4.78 is 37.2. The minimum atomic E-state index is -4.31. The smallest absolute Gasteiger partial charge is 0.314 e. The molecule has 2 nitrogen and oxygen atoms in total. The van der Waals surface area contributed by atoms with Gasteiger partial charge in [0.2, 0.25) is 0 Å². The van der Waals surface area contributed by atoms with Crippen molar-refractivity contribution in [3.05, 3.63) is 23.9 Å². The average molecular weight is 320 g/mol. The molecule has 1 rings (SSSR count). The van der Waals surface area contributed by atoms with Gasteiger partial charge >= 0.3 is 6.18 Å². The van der Waals surface area contributed by atoms with Crippen LogP contribution in [0.4, 0.5) is 13.2 Å². The van der Waals surface area contributed by atoms with Gasteiger partial charge in [-0.1, -0.05) is 13.8 Å². The number of hydrogen-bond acceptors (Lipinski definition) is 3. The van der Waals surface area contributed by atoms with E-state index in [9.17, 15) is 13.2 Å². The third kappa shape index (κ3) is 7.18. The van der Waals surface area contributed by atoms with Crippen molar-refractivity contribution >= 4 is 11.8 Å². The maximum absolute atomic E-state index is 12.4. The molecule has 0 spiro atoms. The van der Waals surface area contributed by atoms with Gasteiger partial charge < -0.3 is 5.32 Å². The Hall–Kier alpha value is -0.750. The van der Waals surface area contributed by atoms with E-state index in [0.29, 0.717) is 11.1 Å². The van der Waals surface area contributed by atoms with Crippen molar-refractivity contribution in [1.82, 2.24) is 10.3 Å². The Kier molecular flexibility index (Phi) is 8.11. The Morgan fingerprint density at radius 3 is 2.57 bits per heavy atom. The van der Waals surface area contributed by atoms with Crippen molar-refractivity contribution < 1.29 is 13.2 Å². The highest BCUT2D eigenvalue weighted by molar-refractivity contribution is 7.99. The van der Waals surface area contributed by atoms with Crippen molar-refractivity contribution in [2.24, 2.45) is 0 Å². The Morgan fingerprint density at radius 2 is 2.05 bits per heavy atom. The van der Waals surface area contributed by atoms with Gasteiger partial charge in [0.15, 0.2) is 0 Å². The maximum Gasteiger partial charge on any atom is 0.417 e. The van der Waals surface area contributed by atoms with Gasteiger partial charge in [0, 0.05) is 12.2 Å². The first-order valence-electron chi connectivity index (χ1n) is 7.36. The molecule has 0 aromatic carbocycles. The zero-order valence-corrected chi connectivity index (χ0v) is 13.4. The molecule has 0 aliphatic heterocycles. The molecule has 0 bridgehead atoms. The van der Waals surface area contributed by atoms with Crippen molar-refractivity contribution in [1.29, 1.82) is 0 Å². The van der Waals surface area contributed by atoms with Gasteiger partial charge in [-0.25, -0.2) is 4.98 Å². The lowest BCUT2D eigenvalue weighted by molar-refractivity contribution is -0.137. The summed E-state index contributed by atoms with van der Waals surface area (Å²) in [6.45, 7) is 5.34. The summed E-state index contributed by atoms with van der Waals surface area (Å²) in [7, 11) is 0. The lowest BCUT2D eigenvalue weighted by Gasteiger charge is -2.16. The second kappa shape index (κ2) is 9.30. The molecule has 0 aliphatic rings. The minimum absolute atomic E-state index is 0.533. The number of aromatic nitrogens is 1. The highest BCUT2D eigenvalue weighted by Gasteiger charge is 2.30. The SMILES string of the molecule is CCCNC(CC)CCCSc1ccc(C(F)(F)F)cn1. The van der Waals surface area contributed by atoms with E-state index in [0.717, 1.165) is 50.2 Å². The zero-order valence-electron chi connectivity index (χ0n) is 12.5. The predicted molar refractivity (Wildman–Crippen MR) is 81.6 cm³/mol. The predicted octanol–water partition coefficient (Wildman–Crippen LogP) is 4.75. The van der Waals surface area contributed by atoms with Crippen LogP contribution in [0.5, 0.6) is 0 Å². The molecule has 6 heteroatoms. The van der Waals surface area contributed by atoms with E-state index in [4.69, 9.17) is 0 Å². The molecule has 1 heterocycles. The number of nitrogens with one attached hydrogen (secondary N) is 1. The standard InChI is InChI=1S/C15H23F3N2S/c1-3-9-19-13(4-2)6-5-10-21-14-8-7-12(11-20-14)15(16,17)18/h7-8,11,13,19H,3-6,9-10H2,1-2H3. The van der Waals surface area contributed by atoms with Gasteiger partial charge in [-0.15, -0.1) is 11.8 Å². The number of thioether (sulfide) groups is 1. The number of hydrogen-bond donors (Lipinski definition) is 1. The van der Waals surface area contributed by atoms with Gasteiger partial charge in [0.05, 0.1) is 10.6 Å². The van der Waals surface area contributed by atoms with Gasteiger partial charge in [-0.05, 0) is 50.1 Å². The molecule has 0 aliphatic carbocycles. The van der Waals surface area contributed by atoms with E-state index < -0.39 is 11.7 Å². The van der Waals surface area contributed by atoms with E-state index in [1.54, 1.807) is 0 Å². The van der Waals surface area contributed by atoms with Crippen LogP contribution >= 0.6 is 11.8 Å². The molecule has 1 atom stereocenters. The second-order valence-electron chi connectivity index (χ2n) is 4.93. The monoisotopic (exact) mass is 320 g/mol. The summed E-state index contributed by atoms with van der Waals surface area (Å²) in [5.41, 5.74) is -0.693. The van der Waals surface area contributed by atoms with Gasteiger partial charge in [0.25, 0.3) is 0 Å². The van der Waals surface area contributed by atoms with Crippen LogP contribution in [-0.2, 0) is 6.18 Å². The fourth-order valence-corrected chi connectivity index (χ4v) is 2.75. The third-order valence-corrected chi connectivity index (χ3v) is 4.22. The van der Waals surface area contributed by atoms with Gasteiger partial charge in [0.1, 0.15) is 0 Å². The number of rotatable bonds is 9. The fraction of sp³-hybridized carbons (Fsp3) is 0.667. The van der Waals surface area contributed by atoms with Crippen LogP contribution in [0.15, 0.2) is 23.4 Å². The summed E-state index contributed by atoms with van der Waals surface area (Å²) in [6.07, 6.45) is 0.937. The number of halogens is 3. The molecule has 0 saturated carbocycles. The van der Waals surface area contributed by atoms with Crippen LogP contribution in [-0.4, -0.2) is 23.3 Å². The van der Waals surface area contributed by atoms with E-state index >= 15 is 0 Å². The van der Waals surface area contributed by atoms with E-state index in [-0.39, 0.29) is 0 Å². The topological polar surface area (TPSA) is 24.9 Å². The molecule has 1 N–H and O–H groups in total. The van der Waals surface area contributed by atoms with Crippen LogP contribution in [0.25, 0.3) is 0 Å². The van der Waals surface area contributed by atoms with Crippen molar-refractivity contribution in [3.8, 4) is 0 Å². The first-order valence-corrected chi connectivity index (χ1v) is 8.35.